The van der Waals surface area contributed by atoms with Crippen LogP contribution in [0.15, 0.2) is 24.4 Å². The average Bonchev–Trinajstić information content (AvgIpc) is 2.05. The van der Waals surface area contributed by atoms with Crippen LogP contribution >= 0.6 is 34.2 Å². The summed E-state index contributed by atoms with van der Waals surface area (Å²) in [7, 11) is 0. The zero-order valence-electron chi connectivity index (χ0n) is 5.96. The van der Waals surface area contributed by atoms with Gasteiger partial charge in [-0.15, -0.1) is 0 Å². The van der Waals surface area contributed by atoms with Crippen LogP contribution in [-0.2, 0) is 0 Å². The molecule has 0 bridgehead atoms. The van der Waals surface area contributed by atoms with Crippen molar-refractivity contribution < 1.29 is 0 Å². The Morgan fingerprint density at radius 2 is 2.17 bits per heavy atom. The highest BCUT2D eigenvalue weighted by molar-refractivity contribution is 14.1. The lowest BCUT2D eigenvalue weighted by molar-refractivity contribution is 1.15. The zero-order chi connectivity index (χ0) is 8.55. The Morgan fingerprint density at radius 1 is 1.33 bits per heavy atom. The first kappa shape index (κ1) is 8.19. The van der Waals surface area contributed by atoms with E-state index < -0.39 is 0 Å². The van der Waals surface area contributed by atoms with Gasteiger partial charge in [0.1, 0.15) is 0 Å². The Morgan fingerprint density at radius 3 is 3.00 bits per heavy atom. The van der Waals surface area contributed by atoms with Gasteiger partial charge in [-0.1, -0.05) is 11.6 Å². The maximum atomic E-state index is 5.80. The minimum atomic E-state index is 0.715. The van der Waals surface area contributed by atoms with Crippen LogP contribution in [0.2, 0.25) is 5.02 Å². The van der Waals surface area contributed by atoms with Gasteiger partial charge in [0.15, 0.2) is 3.83 Å². The Balaban J connectivity index is 2.79. The Labute approximate surface area is 88.1 Å². The van der Waals surface area contributed by atoms with E-state index in [1.54, 1.807) is 6.20 Å². The molecule has 0 spiro atoms. The number of benzene rings is 1. The van der Waals surface area contributed by atoms with E-state index in [2.05, 4.69) is 32.6 Å². The number of halogens is 2. The summed E-state index contributed by atoms with van der Waals surface area (Å²) in [6, 6.07) is 5.57. The first-order chi connectivity index (χ1) is 5.75. The molecule has 0 saturated carbocycles. The summed E-state index contributed by atoms with van der Waals surface area (Å²) in [6.45, 7) is 0. The molecule has 0 aliphatic heterocycles. The molecule has 0 fully saturated rings. The molecular formula is C8H4ClIN2. The van der Waals surface area contributed by atoms with E-state index in [-0.39, 0.29) is 0 Å². The monoisotopic (exact) mass is 290 g/mol. The van der Waals surface area contributed by atoms with Gasteiger partial charge in [0.2, 0.25) is 0 Å². The first-order valence-corrected chi connectivity index (χ1v) is 4.79. The van der Waals surface area contributed by atoms with Crippen LogP contribution in [0.5, 0.6) is 0 Å². The normalized spacial score (nSPS) is 10.5. The van der Waals surface area contributed by atoms with Gasteiger partial charge in [-0.3, -0.25) is 0 Å². The Hall–Kier alpha value is -0.420. The Bertz CT molecular complexity index is 389. The number of fused-ring (bicyclic) bond motifs is 1. The molecule has 2 aromatic rings. The fourth-order valence-corrected chi connectivity index (χ4v) is 1.56. The number of aromatic nitrogens is 2. The lowest BCUT2D eigenvalue weighted by atomic mass is 10.2. The van der Waals surface area contributed by atoms with E-state index in [1.807, 2.05) is 18.2 Å². The predicted molar refractivity (Wildman–Crippen MR) is 57.3 cm³/mol. The third-order valence-corrected chi connectivity index (χ3v) is 2.27. The van der Waals surface area contributed by atoms with E-state index in [9.17, 15) is 0 Å². The van der Waals surface area contributed by atoms with Crippen molar-refractivity contribution in [3.05, 3.63) is 33.2 Å². The molecule has 0 N–H and O–H groups in total. The van der Waals surface area contributed by atoms with Crippen LogP contribution < -0.4 is 0 Å². The summed E-state index contributed by atoms with van der Waals surface area (Å²) in [6.07, 6.45) is 1.77. The minimum Gasteiger partial charge on any atom is -0.231 e. The lowest BCUT2D eigenvalue weighted by Crippen LogP contribution is -1.86. The van der Waals surface area contributed by atoms with E-state index in [4.69, 9.17) is 11.6 Å². The molecule has 4 heteroatoms. The zero-order valence-corrected chi connectivity index (χ0v) is 8.87. The molecule has 0 aliphatic rings. The molecule has 12 heavy (non-hydrogen) atoms. The van der Waals surface area contributed by atoms with Crippen LogP contribution in [0.3, 0.4) is 0 Å². The molecule has 2 nitrogen and oxygen atoms in total. The lowest BCUT2D eigenvalue weighted by Gasteiger charge is -1.96. The number of hydrogen-bond acceptors (Lipinski definition) is 2. The van der Waals surface area contributed by atoms with Gasteiger partial charge in [0.05, 0.1) is 5.52 Å². The molecule has 1 heterocycles. The van der Waals surface area contributed by atoms with E-state index in [0.29, 0.717) is 5.02 Å². The van der Waals surface area contributed by atoms with Gasteiger partial charge in [-0.2, -0.15) is 0 Å². The average molecular weight is 290 g/mol. The van der Waals surface area contributed by atoms with Crippen LogP contribution in [0.1, 0.15) is 0 Å². The van der Waals surface area contributed by atoms with Crippen molar-refractivity contribution in [2.75, 3.05) is 0 Å². The predicted octanol–water partition coefficient (Wildman–Crippen LogP) is 2.89. The molecular weight excluding hydrogens is 286 g/mol. The van der Waals surface area contributed by atoms with E-state index >= 15 is 0 Å². The molecule has 1 aromatic heterocycles. The highest BCUT2D eigenvalue weighted by atomic mass is 127. The number of nitrogens with zero attached hydrogens (tertiary/aromatic N) is 2. The number of hydrogen-bond donors (Lipinski definition) is 0. The van der Waals surface area contributed by atoms with Crippen LogP contribution in [0, 0.1) is 3.83 Å². The molecule has 1 aromatic carbocycles. The highest BCUT2D eigenvalue weighted by Gasteiger charge is 1.96. The molecule has 0 amide bonds. The van der Waals surface area contributed by atoms with Gasteiger partial charge in [-0.05, 0) is 18.2 Å². The van der Waals surface area contributed by atoms with Crippen molar-refractivity contribution in [1.29, 1.82) is 0 Å². The second kappa shape index (κ2) is 3.14. The summed E-state index contributed by atoms with van der Waals surface area (Å²) < 4.78 is 0.752. The fraction of sp³-hybridized carbons (Fsp3) is 0. The van der Waals surface area contributed by atoms with E-state index in [0.717, 1.165) is 14.7 Å². The summed E-state index contributed by atoms with van der Waals surface area (Å²) >= 11 is 7.88. The molecule has 0 saturated heterocycles. The molecule has 60 valence electrons. The summed E-state index contributed by atoms with van der Waals surface area (Å²) in [5.41, 5.74) is 0.929. The van der Waals surface area contributed by atoms with Crippen molar-refractivity contribution in [3.8, 4) is 0 Å². The quantitative estimate of drug-likeness (QED) is 0.551. The van der Waals surface area contributed by atoms with Gasteiger partial charge in [0, 0.05) is 39.2 Å². The largest absolute Gasteiger partial charge is 0.231 e. The Kier molecular flexibility index (Phi) is 2.14. The standard InChI is InChI=1S/C8H4ClIN2/c9-6-1-2-7-5(3-6)4-11-8(10)12-7/h1-4H. The third kappa shape index (κ3) is 1.51. The fourth-order valence-electron chi connectivity index (χ4n) is 0.982. The second-order valence-corrected chi connectivity index (χ2v) is 3.74. The third-order valence-electron chi connectivity index (χ3n) is 1.51. The van der Waals surface area contributed by atoms with Crippen molar-refractivity contribution in [2.45, 2.75) is 0 Å². The summed E-state index contributed by atoms with van der Waals surface area (Å²) in [5.74, 6) is 0. The topological polar surface area (TPSA) is 25.8 Å². The smallest absolute Gasteiger partial charge is 0.191 e. The molecule has 2 rings (SSSR count). The van der Waals surface area contributed by atoms with E-state index in [1.165, 1.54) is 0 Å². The summed E-state index contributed by atoms with van der Waals surface area (Å²) in [4.78, 5) is 8.30. The van der Waals surface area contributed by atoms with Crippen LogP contribution in [0.25, 0.3) is 10.9 Å². The van der Waals surface area contributed by atoms with Crippen molar-refractivity contribution in [1.82, 2.24) is 9.97 Å². The SMILES string of the molecule is Clc1ccc2nc(I)ncc2c1. The molecule has 0 aliphatic carbocycles. The molecule has 0 atom stereocenters. The summed E-state index contributed by atoms with van der Waals surface area (Å²) in [5, 5.41) is 1.69. The van der Waals surface area contributed by atoms with Crippen LogP contribution in [-0.4, -0.2) is 9.97 Å². The van der Waals surface area contributed by atoms with Gasteiger partial charge in [0.25, 0.3) is 0 Å². The van der Waals surface area contributed by atoms with Crippen molar-refractivity contribution in [2.24, 2.45) is 0 Å². The minimum absolute atomic E-state index is 0.715. The van der Waals surface area contributed by atoms with Gasteiger partial charge in [-0.25, -0.2) is 9.97 Å². The molecule has 0 radical (unpaired) electrons. The second-order valence-electron chi connectivity index (χ2n) is 2.34. The van der Waals surface area contributed by atoms with Gasteiger partial charge < -0.3 is 0 Å². The highest BCUT2D eigenvalue weighted by Crippen LogP contribution is 2.16. The van der Waals surface area contributed by atoms with Gasteiger partial charge >= 0.3 is 0 Å². The first-order valence-electron chi connectivity index (χ1n) is 3.33. The van der Waals surface area contributed by atoms with Crippen LogP contribution in [0.4, 0.5) is 0 Å². The van der Waals surface area contributed by atoms with Crippen molar-refractivity contribution >= 4 is 45.1 Å². The number of rotatable bonds is 0. The maximum absolute atomic E-state index is 5.80. The van der Waals surface area contributed by atoms with Crippen molar-refractivity contribution in [3.63, 3.8) is 0 Å². The maximum Gasteiger partial charge on any atom is 0.191 e. The molecule has 0 unspecified atom stereocenters.